The van der Waals surface area contributed by atoms with Crippen LogP contribution in [0.25, 0.3) is 11.5 Å². The summed E-state index contributed by atoms with van der Waals surface area (Å²) in [4.78, 5) is 10.6. The molecule has 20 heavy (non-hydrogen) atoms. The van der Waals surface area contributed by atoms with Gasteiger partial charge in [-0.3, -0.25) is 4.79 Å². The van der Waals surface area contributed by atoms with Crippen LogP contribution in [0.1, 0.15) is 19.2 Å². The molecule has 1 heterocycles. The van der Waals surface area contributed by atoms with E-state index in [4.69, 9.17) is 14.3 Å². The van der Waals surface area contributed by atoms with Gasteiger partial charge < -0.3 is 14.3 Å². The molecule has 1 aromatic heterocycles. The van der Waals surface area contributed by atoms with Crippen LogP contribution in [0.15, 0.2) is 28.7 Å². The lowest BCUT2D eigenvalue weighted by Gasteiger charge is -2.03. The fraction of sp³-hybridized carbons (Fsp3) is 0.357. The van der Waals surface area contributed by atoms with E-state index in [0.29, 0.717) is 24.0 Å². The Hall–Kier alpha value is -2.37. The highest BCUT2D eigenvalue weighted by Crippen LogP contribution is 2.23. The number of rotatable bonds is 6. The van der Waals surface area contributed by atoms with Crippen molar-refractivity contribution in [1.82, 2.24) is 10.2 Å². The SMILES string of the molecule is COc1cccc(-c2nnc(CC(C)CC(=O)O)o2)c1. The molecule has 0 spiro atoms. The summed E-state index contributed by atoms with van der Waals surface area (Å²) in [5.74, 6) is 0.677. The number of carbonyl (C=O) groups is 1. The number of aliphatic carboxylic acids is 1. The second-order valence-electron chi connectivity index (χ2n) is 4.64. The third-order valence-electron chi connectivity index (χ3n) is 2.83. The van der Waals surface area contributed by atoms with Crippen LogP contribution in [0.4, 0.5) is 0 Å². The number of ether oxygens (including phenoxy) is 1. The first kappa shape index (κ1) is 14.0. The van der Waals surface area contributed by atoms with E-state index in [1.54, 1.807) is 13.2 Å². The topological polar surface area (TPSA) is 85.5 Å². The molecule has 1 aromatic carbocycles. The van der Waals surface area contributed by atoms with Crippen molar-refractivity contribution in [3.05, 3.63) is 30.2 Å². The lowest BCUT2D eigenvalue weighted by Crippen LogP contribution is -2.07. The molecule has 0 amide bonds. The first-order chi connectivity index (χ1) is 9.58. The molecule has 6 nitrogen and oxygen atoms in total. The van der Waals surface area contributed by atoms with Crippen molar-refractivity contribution in [2.75, 3.05) is 7.11 Å². The van der Waals surface area contributed by atoms with E-state index in [0.717, 1.165) is 5.56 Å². The molecule has 0 radical (unpaired) electrons. The van der Waals surface area contributed by atoms with Gasteiger partial charge in [-0.05, 0) is 24.1 Å². The van der Waals surface area contributed by atoms with E-state index in [2.05, 4.69) is 10.2 Å². The summed E-state index contributed by atoms with van der Waals surface area (Å²) >= 11 is 0. The lowest BCUT2D eigenvalue weighted by molar-refractivity contribution is -0.137. The van der Waals surface area contributed by atoms with Crippen LogP contribution < -0.4 is 4.74 Å². The van der Waals surface area contributed by atoms with Gasteiger partial charge in [0.1, 0.15) is 5.75 Å². The summed E-state index contributed by atoms with van der Waals surface area (Å²) in [5, 5.41) is 16.6. The Morgan fingerprint density at radius 3 is 2.95 bits per heavy atom. The normalized spacial score (nSPS) is 12.1. The standard InChI is InChI=1S/C14H16N2O4/c1-9(7-13(17)18)6-12-15-16-14(20-12)10-4-3-5-11(8-10)19-2/h3-5,8-9H,6-7H2,1-2H3,(H,17,18). The molecule has 0 aliphatic rings. The summed E-state index contributed by atoms with van der Waals surface area (Å²) in [6, 6.07) is 7.32. The van der Waals surface area contributed by atoms with Gasteiger partial charge in [-0.2, -0.15) is 0 Å². The van der Waals surface area contributed by atoms with Gasteiger partial charge in [0, 0.05) is 18.4 Å². The van der Waals surface area contributed by atoms with Crippen LogP contribution in [0.2, 0.25) is 0 Å². The molecule has 0 aliphatic heterocycles. The van der Waals surface area contributed by atoms with Crippen LogP contribution in [-0.2, 0) is 11.2 Å². The van der Waals surface area contributed by atoms with E-state index >= 15 is 0 Å². The van der Waals surface area contributed by atoms with Gasteiger partial charge >= 0.3 is 5.97 Å². The number of aromatic nitrogens is 2. The van der Waals surface area contributed by atoms with Crippen molar-refractivity contribution in [3.8, 4) is 17.2 Å². The van der Waals surface area contributed by atoms with E-state index < -0.39 is 5.97 Å². The number of benzene rings is 1. The van der Waals surface area contributed by atoms with Gasteiger partial charge in [-0.25, -0.2) is 0 Å². The largest absolute Gasteiger partial charge is 0.497 e. The van der Waals surface area contributed by atoms with E-state index in [1.165, 1.54) is 0 Å². The van der Waals surface area contributed by atoms with E-state index in [1.807, 2.05) is 25.1 Å². The van der Waals surface area contributed by atoms with Gasteiger partial charge in [-0.15, -0.1) is 10.2 Å². The van der Waals surface area contributed by atoms with Crippen molar-refractivity contribution in [1.29, 1.82) is 0 Å². The first-order valence-corrected chi connectivity index (χ1v) is 6.27. The third-order valence-corrected chi connectivity index (χ3v) is 2.83. The average molecular weight is 276 g/mol. The maximum absolute atomic E-state index is 10.6. The number of methoxy groups -OCH3 is 1. The molecule has 0 fully saturated rings. The summed E-state index contributed by atoms with van der Waals surface area (Å²) in [5.41, 5.74) is 0.772. The van der Waals surface area contributed by atoms with E-state index in [9.17, 15) is 4.79 Å². The number of hydrogen-bond donors (Lipinski definition) is 1. The molecule has 1 atom stereocenters. The summed E-state index contributed by atoms with van der Waals surface area (Å²) in [6.07, 6.45) is 0.528. The average Bonchev–Trinajstić information content (AvgIpc) is 2.86. The van der Waals surface area contributed by atoms with Crippen molar-refractivity contribution in [2.24, 2.45) is 5.92 Å². The molecular weight excluding hydrogens is 260 g/mol. The van der Waals surface area contributed by atoms with Crippen LogP contribution in [0, 0.1) is 5.92 Å². The number of carboxylic acids is 1. The van der Waals surface area contributed by atoms with Gasteiger partial charge in [0.15, 0.2) is 0 Å². The number of nitrogens with zero attached hydrogens (tertiary/aromatic N) is 2. The highest BCUT2D eigenvalue weighted by molar-refractivity contribution is 5.66. The Morgan fingerprint density at radius 2 is 2.25 bits per heavy atom. The summed E-state index contributed by atoms with van der Waals surface area (Å²) < 4.78 is 10.7. The molecule has 0 aliphatic carbocycles. The second kappa shape index (κ2) is 6.18. The van der Waals surface area contributed by atoms with Gasteiger partial charge in [-0.1, -0.05) is 13.0 Å². The van der Waals surface area contributed by atoms with Crippen LogP contribution in [0.5, 0.6) is 5.75 Å². The molecule has 1 N–H and O–H groups in total. The van der Waals surface area contributed by atoms with Crippen molar-refractivity contribution in [2.45, 2.75) is 19.8 Å². The Balaban J connectivity index is 2.10. The predicted octanol–water partition coefficient (Wildman–Crippen LogP) is 2.40. The van der Waals surface area contributed by atoms with Crippen LogP contribution in [0.3, 0.4) is 0 Å². The van der Waals surface area contributed by atoms with E-state index in [-0.39, 0.29) is 12.3 Å². The second-order valence-corrected chi connectivity index (χ2v) is 4.64. The fourth-order valence-electron chi connectivity index (χ4n) is 1.88. The Morgan fingerprint density at radius 1 is 1.45 bits per heavy atom. The quantitative estimate of drug-likeness (QED) is 0.872. The van der Waals surface area contributed by atoms with Crippen molar-refractivity contribution < 1.29 is 19.1 Å². The molecule has 6 heteroatoms. The lowest BCUT2D eigenvalue weighted by atomic mass is 10.0. The first-order valence-electron chi connectivity index (χ1n) is 6.27. The number of carboxylic acid groups (broad SMARTS) is 1. The minimum absolute atomic E-state index is 0.0499. The van der Waals surface area contributed by atoms with Crippen LogP contribution >= 0.6 is 0 Å². The third kappa shape index (κ3) is 3.57. The van der Waals surface area contributed by atoms with Gasteiger partial charge in [0.05, 0.1) is 7.11 Å². The Kier molecular flexibility index (Phi) is 4.34. The Labute approximate surface area is 116 Å². The van der Waals surface area contributed by atoms with Crippen LogP contribution in [-0.4, -0.2) is 28.4 Å². The molecule has 2 aromatic rings. The predicted molar refractivity (Wildman–Crippen MR) is 71.4 cm³/mol. The molecule has 106 valence electrons. The monoisotopic (exact) mass is 276 g/mol. The molecule has 0 saturated carbocycles. The minimum atomic E-state index is -0.829. The fourth-order valence-corrected chi connectivity index (χ4v) is 1.88. The minimum Gasteiger partial charge on any atom is -0.497 e. The molecule has 1 unspecified atom stereocenters. The summed E-state index contributed by atoms with van der Waals surface area (Å²) in [6.45, 7) is 1.84. The maximum Gasteiger partial charge on any atom is 0.303 e. The summed E-state index contributed by atoms with van der Waals surface area (Å²) in [7, 11) is 1.59. The van der Waals surface area contributed by atoms with Crippen molar-refractivity contribution >= 4 is 5.97 Å². The maximum atomic E-state index is 10.6. The van der Waals surface area contributed by atoms with Gasteiger partial charge in [0.25, 0.3) is 0 Å². The number of hydrogen-bond acceptors (Lipinski definition) is 5. The van der Waals surface area contributed by atoms with Gasteiger partial charge in [0.2, 0.25) is 11.8 Å². The Bertz CT molecular complexity index is 594. The van der Waals surface area contributed by atoms with Crippen molar-refractivity contribution in [3.63, 3.8) is 0 Å². The molecule has 2 rings (SSSR count). The molecule has 0 saturated heterocycles. The molecular formula is C14H16N2O4. The zero-order valence-corrected chi connectivity index (χ0v) is 11.4. The molecule has 0 bridgehead atoms. The zero-order chi connectivity index (χ0) is 14.5. The highest BCUT2D eigenvalue weighted by atomic mass is 16.5. The smallest absolute Gasteiger partial charge is 0.303 e. The highest BCUT2D eigenvalue weighted by Gasteiger charge is 2.14. The zero-order valence-electron chi connectivity index (χ0n) is 11.4.